The molecule has 170 valence electrons. The minimum Gasteiger partial charge on any atom is -0.486 e. The fourth-order valence-corrected chi connectivity index (χ4v) is 3.51. The molecule has 0 unspecified atom stereocenters. The van der Waals surface area contributed by atoms with Crippen LogP contribution in [0.25, 0.3) is 0 Å². The van der Waals surface area contributed by atoms with Crippen molar-refractivity contribution in [3.8, 4) is 11.5 Å². The van der Waals surface area contributed by atoms with E-state index in [1.54, 1.807) is 6.33 Å². The molecule has 0 saturated carbocycles. The highest BCUT2D eigenvalue weighted by molar-refractivity contribution is 5.79. The number of guanidine groups is 1. The Bertz CT molecular complexity index is 820. The Morgan fingerprint density at radius 3 is 2.74 bits per heavy atom. The van der Waals surface area contributed by atoms with Gasteiger partial charge in [-0.05, 0) is 30.5 Å². The van der Waals surface area contributed by atoms with Gasteiger partial charge in [-0.1, -0.05) is 39.2 Å². The first-order valence-corrected chi connectivity index (χ1v) is 11.6. The Morgan fingerprint density at radius 1 is 1.06 bits per heavy atom. The third kappa shape index (κ3) is 7.45. The topological polar surface area (TPSA) is 85.6 Å². The van der Waals surface area contributed by atoms with E-state index < -0.39 is 0 Å². The maximum Gasteiger partial charge on any atom is 0.191 e. The van der Waals surface area contributed by atoms with Gasteiger partial charge in [0, 0.05) is 32.6 Å². The van der Waals surface area contributed by atoms with Gasteiger partial charge in [0.15, 0.2) is 17.5 Å². The maximum absolute atomic E-state index is 5.69. The van der Waals surface area contributed by atoms with Gasteiger partial charge in [0.2, 0.25) is 0 Å². The van der Waals surface area contributed by atoms with Crippen LogP contribution in [0.4, 0.5) is 0 Å². The van der Waals surface area contributed by atoms with Crippen LogP contribution in [0.1, 0.15) is 50.9 Å². The van der Waals surface area contributed by atoms with E-state index in [9.17, 15) is 0 Å². The lowest BCUT2D eigenvalue weighted by molar-refractivity contribution is 0.171. The predicted molar refractivity (Wildman–Crippen MR) is 123 cm³/mol. The van der Waals surface area contributed by atoms with E-state index in [1.807, 2.05) is 6.07 Å². The third-order valence-electron chi connectivity index (χ3n) is 5.25. The van der Waals surface area contributed by atoms with E-state index in [-0.39, 0.29) is 0 Å². The van der Waals surface area contributed by atoms with Gasteiger partial charge in [-0.25, -0.2) is 0 Å². The number of aromatic nitrogens is 3. The minimum absolute atomic E-state index is 0.611. The largest absolute Gasteiger partial charge is 0.486 e. The molecule has 31 heavy (non-hydrogen) atoms. The number of aliphatic imine (C=N–C) groups is 1. The Balaban J connectivity index is 1.48. The van der Waals surface area contributed by atoms with Gasteiger partial charge < -0.3 is 24.7 Å². The summed E-state index contributed by atoms with van der Waals surface area (Å²) in [7, 11) is 0. The number of nitrogens with one attached hydrogen (secondary N) is 2. The number of nitrogens with zero attached hydrogens (tertiary/aromatic N) is 4. The summed E-state index contributed by atoms with van der Waals surface area (Å²) in [5, 5.41) is 15.1. The van der Waals surface area contributed by atoms with E-state index >= 15 is 0 Å². The summed E-state index contributed by atoms with van der Waals surface area (Å²) < 4.78 is 13.4. The van der Waals surface area contributed by atoms with E-state index in [2.05, 4.69) is 51.4 Å². The van der Waals surface area contributed by atoms with E-state index in [4.69, 9.17) is 14.5 Å². The van der Waals surface area contributed by atoms with Gasteiger partial charge >= 0.3 is 0 Å². The highest BCUT2D eigenvalue weighted by Crippen LogP contribution is 2.30. The number of fused-ring (bicyclic) bond motifs is 1. The lowest BCUT2D eigenvalue weighted by atomic mass is 10.1. The van der Waals surface area contributed by atoms with Crippen LogP contribution >= 0.6 is 0 Å². The number of unbranched alkanes of at least 4 members (excludes halogenated alkanes) is 3. The summed E-state index contributed by atoms with van der Waals surface area (Å²) in [5.74, 6) is 3.54. The van der Waals surface area contributed by atoms with Crippen molar-refractivity contribution < 1.29 is 9.47 Å². The second-order valence-electron chi connectivity index (χ2n) is 7.67. The fourth-order valence-electron chi connectivity index (χ4n) is 3.51. The zero-order valence-corrected chi connectivity index (χ0v) is 18.9. The van der Waals surface area contributed by atoms with Crippen LogP contribution in [-0.4, -0.2) is 53.6 Å². The first-order valence-electron chi connectivity index (χ1n) is 11.6. The van der Waals surface area contributed by atoms with Crippen LogP contribution in [0, 0.1) is 0 Å². The van der Waals surface area contributed by atoms with Crippen molar-refractivity contribution >= 4 is 5.96 Å². The molecule has 0 spiro atoms. The second kappa shape index (κ2) is 12.8. The minimum atomic E-state index is 0.611. The van der Waals surface area contributed by atoms with E-state index in [0.29, 0.717) is 13.2 Å². The molecule has 1 aliphatic heterocycles. The molecule has 3 rings (SSSR count). The van der Waals surface area contributed by atoms with Crippen LogP contribution < -0.4 is 20.1 Å². The molecule has 0 atom stereocenters. The number of benzene rings is 1. The zero-order valence-electron chi connectivity index (χ0n) is 18.9. The number of aryl methyl sites for hydroxylation is 1. The predicted octanol–water partition coefficient (Wildman–Crippen LogP) is 2.97. The molecule has 0 bridgehead atoms. The summed E-state index contributed by atoms with van der Waals surface area (Å²) in [6.07, 6.45) is 8.41. The number of ether oxygens (including phenoxy) is 2. The van der Waals surface area contributed by atoms with Crippen LogP contribution in [0.3, 0.4) is 0 Å². The van der Waals surface area contributed by atoms with Gasteiger partial charge in [0.1, 0.15) is 25.4 Å². The molecule has 2 heterocycles. The van der Waals surface area contributed by atoms with Gasteiger partial charge in [-0.2, -0.15) is 0 Å². The van der Waals surface area contributed by atoms with Gasteiger partial charge in [0.25, 0.3) is 0 Å². The molecule has 0 aliphatic carbocycles. The average Bonchev–Trinajstić information content (AvgIpc) is 3.26. The summed E-state index contributed by atoms with van der Waals surface area (Å²) in [6, 6.07) is 6.17. The van der Waals surface area contributed by atoms with Crippen LogP contribution in [0.5, 0.6) is 11.5 Å². The molecule has 0 fully saturated rings. The summed E-state index contributed by atoms with van der Waals surface area (Å²) >= 11 is 0. The van der Waals surface area contributed by atoms with Gasteiger partial charge in [-0.15, -0.1) is 10.2 Å². The van der Waals surface area contributed by atoms with Crippen molar-refractivity contribution in [1.29, 1.82) is 0 Å². The molecule has 8 nitrogen and oxygen atoms in total. The standard InChI is InChI=1S/C23H36N6O2/c1-3-5-6-7-11-24-23(26-13-14-29-18-27-28-22(29)4-2)25-12-10-19-8-9-20-21(17-19)31-16-15-30-20/h8-9,17-18H,3-7,10-16H2,1-2H3,(H2,24,25,26). The number of hydrogen-bond donors (Lipinski definition) is 2. The molecule has 1 aromatic carbocycles. The molecule has 8 heteroatoms. The van der Waals surface area contributed by atoms with Gasteiger partial charge in [-0.3, -0.25) is 4.99 Å². The Kier molecular flexibility index (Phi) is 9.47. The SMILES string of the molecule is CCCCCCN=C(NCCc1ccc2c(c1)OCCO2)NCCn1cnnc1CC. The van der Waals surface area contributed by atoms with Crippen molar-refractivity contribution in [1.82, 2.24) is 25.4 Å². The van der Waals surface area contributed by atoms with Crippen molar-refractivity contribution in [2.24, 2.45) is 4.99 Å². The molecule has 0 saturated heterocycles. The Hall–Kier alpha value is -2.77. The fraction of sp³-hybridized carbons (Fsp3) is 0.609. The average molecular weight is 429 g/mol. The van der Waals surface area contributed by atoms with E-state index in [0.717, 1.165) is 68.7 Å². The molecular weight excluding hydrogens is 392 g/mol. The van der Waals surface area contributed by atoms with Crippen LogP contribution in [0.15, 0.2) is 29.5 Å². The summed E-state index contributed by atoms with van der Waals surface area (Å²) in [4.78, 5) is 4.77. The third-order valence-corrected chi connectivity index (χ3v) is 5.25. The smallest absolute Gasteiger partial charge is 0.191 e. The molecule has 2 aromatic rings. The van der Waals surface area contributed by atoms with Gasteiger partial charge in [0.05, 0.1) is 0 Å². The zero-order chi connectivity index (χ0) is 21.7. The van der Waals surface area contributed by atoms with Crippen molar-refractivity contribution in [3.05, 3.63) is 35.9 Å². The molecule has 1 aliphatic rings. The lowest BCUT2D eigenvalue weighted by Gasteiger charge is -2.19. The van der Waals surface area contributed by atoms with Crippen molar-refractivity contribution in [2.45, 2.75) is 58.9 Å². The molecule has 0 amide bonds. The lowest BCUT2D eigenvalue weighted by Crippen LogP contribution is -2.40. The number of hydrogen-bond acceptors (Lipinski definition) is 5. The Morgan fingerprint density at radius 2 is 1.90 bits per heavy atom. The van der Waals surface area contributed by atoms with Crippen LogP contribution in [-0.2, 0) is 19.4 Å². The molecule has 2 N–H and O–H groups in total. The second-order valence-corrected chi connectivity index (χ2v) is 7.67. The number of rotatable bonds is 12. The maximum atomic E-state index is 5.69. The van der Waals surface area contributed by atoms with Crippen molar-refractivity contribution in [3.63, 3.8) is 0 Å². The highest BCUT2D eigenvalue weighted by atomic mass is 16.6. The van der Waals surface area contributed by atoms with Crippen molar-refractivity contribution in [2.75, 3.05) is 32.8 Å². The normalized spacial score (nSPS) is 13.3. The first-order chi connectivity index (χ1) is 15.3. The van der Waals surface area contributed by atoms with Crippen LogP contribution in [0.2, 0.25) is 0 Å². The molecule has 0 radical (unpaired) electrons. The van der Waals surface area contributed by atoms with E-state index in [1.165, 1.54) is 24.8 Å². The first kappa shape index (κ1) is 22.9. The highest BCUT2D eigenvalue weighted by Gasteiger charge is 2.11. The quantitative estimate of drug-likeness (QED) is 0.307. The summed E-state index contributed by atoms with van der Waals surface area (Å²) in [5.41, 5.74) is 1.22. The monoisotopic (exact) mass is 428 g/mol. The molecule has 1 aromatic heterocycles. The molecular formula is C23H36N6O2. The Labute approximate surface area is 185 Å². The summed E-state index contributed by atoms with van der Waals surface area (Å²) in [6.45, 7) is 8.78.